The Labute approximate surface area is 113 Å². The number of hydrogen-bond donors (Lipinski definition) is 2. The van der Waals surface area contributed by atoms with E-state index in [4.69, 9.17) is 10.2 Å². The van der Waals surface area contributed by atoms with Gasteiger partial charge >= 0.3 is 5.97 Å². The first-order valence-corrected chi connectivity index (χ1v) is 6.46. The number of carboxylic acid groups (broad SMARTS) is 1. The third-order valence-corrected chi connectivity index (χ3v) is 3.28. The van der Waals surface area contributed by atoms with E-state index in [0.717, 1.165) is 0 Å². The standard InChI is InChI=1S/C11H16N2.C3H6O3/c1-9-10(5-3-7-12-9)11-6-4-8-13(11)2;1-2(4)3(5)6/h3,5,7,11H,4,6,8H2,1-2H3;2,4H,1H3,(H,5,6)/t11-;2-/m00/s1. The van der Waals surface area contributed by atoms with E-state index in [1.807, 2.05) is 12.3 Å². The van der Waals surface area contributed by atoms with Crippen LogP contribution in [-0.4, -0.2) is 45.8 Å². The summed E-state index contributed by atoms with van der Waals surface area (Å²) >= 11 is 0. The van der Waals surface area contributed by atoms with E-state index in [9.17, 15) is 4.79 Å². The van der Waals surface area contributed by atoms with Crippen LogP contribution in [0.3, 0.4) is 0 Å². The number of aryl methyl sites for hydroxylation is 1. The van der Waals surface area contributed by atoms with Crippen molar-refractivity contribution in [2.45, 2.75) is 38.8 Å². The summed E-state index contributed by atoms with van der Waals surface area (Å²) < 4.78 is 0. The number of likely N-dealkylation sites (tertiary alicyclic amines) is 1. The number of nitrogens with zero attached hydrogens (tertiary/aromatic N) is 2. The van der Waals surface area contributed by atoms with Crippen LogP contribution in [-0.2, 0) is 4.79 Å². The van der Waals surface area contributed by atoms with Crippen LogP contribution in [0.25, 0.3) is 0 Å². The Bertz CT molecular complexity index is 421. The quantitative estimate of drug-likeness (QED) is 0.850. The summed E-state index contributed by atoms with van der Waals surface area (Å²) in [5, 5.41) is 15.8. The van der Waals surface area contributed by atoms with Crippen LogP contribution in [0.2, 0.25) is 0 Å². The van der Waals surface area contributed by atoms with Gasteiger partial charge in [-0.25, -0.2) is 4.79 Å². The fraction of sp³-hybridized carbons (Fsp3) is 0.571. The number of pyridine rings is 1. The minimum atomic E-state index is -1.23. The Morgan fingerprint density at radius 2 is 2.21 bits per heavy atom. The molecule has 0 aromatic carbocycles. The number of aromatic nitrogens is 1. The third-order valence-electron chi connectivity index (χ3n) is 3.28. The van der Waals surface area contributed by atoms with Gasteiger partial charge in [0.1, 0.15) is 6.10 Å². The Hall–Kier alpha value is -1.46. The van der Waals surface area contributed by atoms with Gasteiger partial charge in [0.05, 0.1) is 0 Å². The van der Waals surface area contributed by atoms with Crippen molar-refractivity contribution in [1.29, 1.82) is 0 Å². The van der Waals surface area contributed by atoms with E-state index in [-0.39, 0.29) is 0 Å². The number of aliphatic hydroxyl groups is 1. The number of rotatable bonds is 2. The predicted molar refractivity (Wildman–Crippen MR) is 72.9 cm³/mol. The van der Waals surface area contributed by atoms with E-state index in [1.165, 1.54) is 37.6 Å². The van der Waals surface area contributed by atoms with Crippen LogP contribution in [0.15, 0.2) is 18.3 Å². The van der Waals surface area contributed by atoms with Crippen molar-refractivity contribution in [3.63, 3.8) is 0 Å². The molecule has 2 rings (SSSR count). The summed E-state index contributed by atoms with van der Waals surface area (Å²) in [6.07, 6.45) is 3.23. The second-order valence-electron chi connectivity index (χ2n) is 4.83. The highest BCUT2D eigenvalue weighted by atomic mass is 16.4. The second-order valence-corrected chi connectivity index (χ2v) is 4.83. The lowest BCUT2D eigenvalue weighted by atomic mass is 10.0. The van der Waals surface area contributed by atoms with E-state index >= 15 is 0 Å². The molecule has 1 aliphatic rings. The molecule has 0 unspecified atom stereocenters. The molecular formula is C14H22N2O3. The highest BCUT2D eigenvalue weighted by molar-refractivity contribution is 5.71. The minimum Gasteiger partial charge on any atom is -0.479 e. The summed E-state index contributed by atoms with van der Waals surface area (Å²) in [5.74, 6) is -1.19. The number of aliphatic carboxylic acids is 1. The van der Waals surface area contributed by atoms with Gasteiger partial charge in [-0.15, -0.1) is 0 Å². The molecule has 0 aliphatic carbocycles. The molecule has 0 radical (unpaired) electrons. The van der Waals surface area contributed by atoms with Gasteiger partial charge in [0.2, 0.25) is 0 Å². The third kappa shape index (κ3) is 4.61. The normalized spacial score (nSPS) is 20.5. The first-order valence-electron chi connectivity index (χ1n) is 6.46. The molecule has 2 heterocycles. The van der Waals surface area contributed by atoms with E-state index in [1.54, 1.807) is 0 Å². The highest BCUT2D eigenvalue weighted by Crippen LogP contribution is 2.31. The minimum absolute atomic E-state index is 0.605. The zero-order chi connectivity index (χ0) is 14.4. The maximum Gasteiger partial charge on any atom is 0.332 e. The Balaban J connectivity index is 0.000000258. The van der Waals surface area contributed by atoms with Gasteiger partial charge in [-0.1, -0.05) is 6.07 Å². The number of carboxylic acids is 1. The van der Waals surface area contributed by atoms with Gasteiger partial charge in [0.15, 0.2) is 0 Å². The maximum atomic E-state index is 9.45. The highest BCUT2D eigenvalue weighted by Gasteiger charge is 2.23. The van der Waals surface area contributed by atoms with Crippen molar-refractivity contribution in [1.82, 2.24) is 9.88 Å². The lowest BCUT2D eigenvalue weighted by Gasteiger charge is -2.20. The van der Waals surface area contributed by atoms with Crippen molar-refractivity contribution in [3.05, 3.63) is 29.6 Å². The first kappa shape index (κ1) is 15.6. The SMILES string of the molecule is C[C@H](O)C(=O)O.Cc1ncccc1[C@@H]1CCCN1C. The average molecular weight is 266 g/mol. The van der Waals surface area contributed by atoms with Gasteiger partial charge in [-0.3, -0.25) is 9.88 Å². The van der Waals surface area contributed by atoms with Crippen molar-refractivity contribution >= 4 is 5.97 Å². The molecule has 2 N–H and O–H groups in total. The van der Waals surface area contributed by atoms with E-state index in [2.05, 4.69) is 29.9 Å². The molecule has 5 heteroatoms. The zero-order valence-corrected chi connectivity index (χ0v) is 11.7. The molecule has 106 valence electrons. The van der Waals surface area contributed by atoms with Gasteiger partial charge in [-0.2, -0.15) is 0 Å². The predicted octanol–water partition coefficient (Wildman–Crippen LogP) is 1.61. The van der Waals surface area contributed by atoms with Crippen molar-refractivity contribution in [2.75, 3.05) is 13.6 Å². The van der Waals surface area contributed by atoms with Gasteiger partial charge < -0.3 is 10.2 Å². The van der Waals surface area contributed by atoms with Gasteiger partial charge in [0.25, 0.3) is 0 Å². The summed E-state index contributed by atoms with van der Waals surface area (Å²) in [6.45, 7) is 4.52. The smallest absolute Gasteiger partial charge is 0.332 e. The van der Waals surface area contributed by atoms with Crippen LogP contribution in [0, 0.1) is 6.92 Å². The summed E-state index contributed by atoms with van der Waals surface area (Å²) in [7, 11) is 2.20. The Morgan fingerprint density at radius 1 is 1.58 bits per heavy atom. The van der Waals surface area contributed by atoms with Crippen LogP contribution in [0.4, 0.5) is 0 Å². The summed E-state index contributed by atoms with van der Waals surface area (Å²) in [4.78, 5) is 16.2. The monoisotopic (exact) mass is 266 g/mol. The fourth-order valence-corrected chi connectivity index (χ4v) is 2.15. The molecule has 19 heavy (non-hydrogen) atoms. The molecule has 1 aromatic rings. The second kappa shape index (κ2) is 7.21. The molecule has 1 aromatic heterocycles. The molecule has 1 aliphatic heterocycles. The molecule has 1 saturated heterocycles. The zero-order valence-electron chi connectivity index (χ0n) is 11.7. The number of hydrogen-bond acceptors (Lipinski definition) is 4. The van der Waals surface area contributed by atoms with Crippen molar-refractivity contribution in [2.24, 2.45) is 0 Å². The summed E-state index contributed by atoms with van der Waals surface area (Å²) in [6, 6.07) is 4.84. The largest absolute Gasteiger partial charge is 0.479 e. The molecule has 0 amide bonds. The van der Waals surface area contributed by atoms with E-state index < -0.39 is 12.1 Å². The van der Waals surface area contributed by atoms with E-state index in [0.29, 0.717) is 6.04 Å². The molecule has 1 fully saturated rings. The molecule has 2 atom stereocenters. The van der Waals surface area contributed by atoms with Gasteiger partial charge in [-0.05, 0) is 51.9 Å². The van der Waals surface area contributed by atoms with Gasteiger partial charge in [0, 0.05) is 17.9 Å². The average Bonchev–Trinajstić information content (AvgIpc) is 2.77. The molecule has 0 bridgehead atoms. The topological polar surface area (TPSA) is 73.7 Å². The van der Waals surface area contributed by atoms with Crippen molar-refractivity contribution in [3.8, 4) is 0 Å². The Kier molecular flexibility index (Phi) is 5.92. The van der Waals surface area contributed by atoms with Crippen LogP contribution in [0.5, 0.6) is 0 Å². The number of aliphatic hydroxyl groups excluding tert-OH is 1. The lowest BCUT2D eigenvalue weighted by molar-refractivity contribution is -0.145. The molecular weight excluding hydrogens is 244 g/mol. The van der Waals surface area contributed by atoms with Crippen LogP contribution >= 0.6 is 0 Å². The van der Waals surface area contributed by atoms with Crippen molar-refractivity contribution < 1.29 is 15.0 Å². The summed E-state index contributed by atoms with van der Waals surface area (Å²) in [5.41, 5.74) is 2.59. The molecule has 5 nitrogen and oxygen atoms in total. The Morgan fingerprint density at radius 3 is 2.63 bits per heavy atom. The van der Waals surface area contributed by atoms with Crippen LogP contribution < -0.4 is 0 Å². The lowest BCUT2D eigenvalue weighted by Crippen LogP contribution is -2.18. The molecule has 0 spiro atoms. The fourth-order valence-electron chi connectivity index (χ4n) is 2.15. The maximum absolute atomic E-state index is 9.45. The number of carbonyl (C=O) groups is 1. The first-order chi connectivity index (χ1) is 8.93. The molecule has 0 saturated carbocycles. The van der Waals surface area contributed by atoms with Crippen LogP contribution in [0.1, 0.15) is 37.1 Å².